The molecule has 0 spiro atoms. The Morgan fingerprint density at radius 2 is 1.92 bits per heavy atom. The highest BCUT2D eigenvalue weighted by atomic mass is 16.5. The van der Waals surface area contributed by atoms with Gasteiger partial charge in [0.05, 0.1) is 7.11 Å². The molecule has 2 rings (SSSR count). The van der Waals surface area contributed by atoms with Gasteiger partial charge in [0.15, 0.2) is 5.96 Å². The van der Waals surface area contributed by atoms with Crippen LogP contribution in [0.3, 0.4) is 0 Å². The second-order valence-corrected chi connectivity index (χ2v) is 6.24. The van der Waals surface area contributed by atoms with Gasteiger partial charge >= 0.3 is 0 Å². The molecule has 1 aromatic carbocycles. The van der Waals surface area contributed by atoms with E-state index in [-0.39, 0.29) is 5.41 Å². The molecule has 0 aliphatic heterocycles. The summed E-state index contributed by atoms with van der Waals surface area (Å²) < 4.78 is 5.14. The van der Waals surface area contributed by atoms with Crippen LogP contribution in [0.5, 0.6) is 5.88 Å². The van der Waals surface area contributed by atoms with Gasteiger partial charge in [0.2, 0.25) is 5.88 Å². The Bertz CT molecular complexity index is 668. The van der Waals surface area contributed by atoms with Gasteiger partial charge in [0, 0.05) is 37.8 Å². The highest BCUT2D eigenvalue weighted by Crippen LogP contribution is 2.21. The molecule has 128 valence electrons. The third kappa shape index (κ3) is 4.98. The lowest BCUT2D eigenvalue weighted by atomic mass is 9.85. The van der Waals surface area contributed by atoms with Gasteiger partial charge in [-0.15, -0.1) is 0 Å². The summed E-state index contributed by atoms with van der Waals surface area (Å²) >= 11 is 0. The zero-order valence-corrected chi connectivity index (χ0v) is 14.8. The fourth-order valence-electron chi connectivity index (χ4n) is 2.37. The Morgan fingerprint density at radius 3 is 2.58 bits per heavy atom. The molecule has 5 nitrogen and oxygen atoms in total. The number of benzene rings is 1. The van der Waals surface area contributed by atoms with E-state index in [2.05, 4.69) is 58.7 Å². The Labute approximate surface area is 144 Å². The number of hydrogen-bond donors (Lipinski definition) is 2. The predicted molar refractivity (Wildman–Crippen MR) is 98.5 cm³/mol. The second-order valence-electron chi connectivity index (χ2n) is 6.24. The maximum Gasteiger partial charge on any atom is 0.213 e. The molecule has 0 saturated heterocycles. The number of methoxy groups -OCH3 is 1. The number of nitrogens with zero attached hydrogens (tertiary/aromatic N) is 2. The summed E-state index contributed by atoms with van der Waals surface area (Å²) in [5.74, 6) is 1.39. The fourth-order valence-corrected chi connectivity index (χ4v) is 2.37. The van der Waals surface area contributed by atoms with E-state index in [1.54, 1.807) is 20.4 Å². The van der Waals surface area contributed by atoms with E-state index in [1.165, 1.54) is 5.56 Å². The molecule has 0 atom stereocenters. The van der Waals surface area contributed by atoms with Crippen molar-refractivity contribution >= 4 is 5.96 Å². The number of aliphatic imine (C=N–C) groups is 1. The molecule has 2 N–H and O–H groups in total. The van der Waals surface area contributed by atoms with Crippen LogP contribution >= 0.6 is 0 Å². The Morgan fingerprint density at radius 1 is 1.17 bits per heavy atom. The SMILES string of the molecule is CN=C(NCc1ccnc(OC)c1)NCC(C)(C)c1ccccc1. The summed E-state index contributed by atoms with van der Waals surface area (Å²) in [5, 5.41) is 6.72. The van der Waals surface area contributed by atoms with Crippen LogP contribution in [0, 0.1) is 0 Å². The summed E-state index contributed by atoms with van der Waals surface area (Å²) in [6, 6.07) is 14.4. The van der Waals surface area contributed by atoms with E-state index in [9.17, 15) is 0 Å². The normalized spacial score (nSPS) is 11.9. The standard InChI is InChI=1S/C19H26N4O/c1-19(2,16-8-6-5-7-9-16)14-23-18(20-3)22-13-15-10-11-21-17(12-15)24-4/h5-12H,13-14H2,1-4H3,(H2,20,22,23). The smallest absolute Gasteiger partial charge is 0.213 e. The minimum absolute atomic E-state index is 0.0127. The van der Waals surface area contributed by atoms with Crippen LogP contribution in [0.15, 0.2) is 53.7 Å². The second kappa shape index (κ2) is 8.34. The predicted octanol–water partition coefficient (Wildman–Crippen LogP) is 2.73. The first-order valence-corrected chi connectivity index (χ1v) is 8.04. The van der Waals surface area contributed by atoms with Gasteiger partial charge in [-0.1, -0.05) is 44.2 Å². The van der Waals surface area contributed by atoms with E-state index in [0.717, 1.165) is 18.1 Å². The number of ether oxygens (including phenoxy) is 1. The molecule has 2 aromatic rings. The highest BCUT2D eigenvalue weighted by Gasteiger charge is 2.20. The lowest BCUT2D eigenvalue weighted by Crippen LogP contribution is -2.43. The van der Waals surface area contributed by atoms with Crippen molar-refractivity contribution in [2.24, 2.45) is 4.99 Å². The van der Waals surface area contributed by atoms with Gasteiger partial charge < -0.3 is 15.4 Å². The minimum Gasteiger partial charge on any atom is -0.481 e. The summed E-state index contributed by atoms with van der Waals surface area (Å²) in [6.45, 7) is 5.88. The number of pyridine rings is 1. The molecule has 1 aromatic heterocycles. The molecular weight excluding hydrogens is 300 g/mol. The quantitative estimate of drug-likeness (QED) is 0.633. The number of hydrogen-bond acceptors (Lipinski definition) is 3. The molecule has 5 heteroatoms. The van der Waals surface area contributed by atoms with Gasteiger partial charge in [0.1, 0.15) is 0 Å². The van der Waals surface area contributed by atoms with E-state index in [4.69, 9.17) is 4.74 Å². The van der Waals surface area contributed by atoms with Crippen molar-refractivity contribution in [3.05, 3.63) is 59.8 Å². The maximum absolute atomic E-state index is 5.14. The van der Waals surface area contributed by atoms with Crippen LogP contribution in [0.4, 0.5) is 0 Å². The van der Waals surface area contributed by atoms with Gasteiger partial charge in [-0.25, -0.2) is 4.98 Å². The molecule has 0 unspecified atom stereocenters. The third-order valence-corrected chi connectivity index (χ3v) is 3.94. The van der Waals surface area contributed by atoms with Crippen LogP contribution in [-0.2, 0) is 12.0 Å². The molecule has 24 heavy (non-hydrogen) atoms. The van der Waals surface area contributed by atoms with Crippen molar-refractivity contribution in [1.29, 1.82) is 0 Å². The van der Waals surface area contributed by atoms with Gasteiger partial charge in [-0.2, -0.15) is 0 Å². The van der Waals surface area contributed by atoms with Crippen LogP contribution in [0.1, 0.15) is 25.0 Å². The van der Waals surface area contributed by atoms with Gasteiger partial charge in [0.25, 0.3) is 0 Å². The van der Waals surface area contributed by atoms with Crippen molar-refractivity contribution in [3.8, 4) is 5.88 Å². The van der Waals surface area contributed by atoms with Crippen LogP contribution in [0.25, 0.3) is 0 Å². The van der Waals surface area contributed by atoms with Crippen molar-refractivity contribution < 1.29 is 4.74 Å². The first kappa shape index (κ1) is 17.8. The number of aromatic nitrogens is 1. The molecule has 0 amide bonds. The molecule has 0 fully saturated rings. The summed E-state index contributed by atoms with van der Waals surface area (Å²) in [6.07, 6.45) is 1.74. The number of guanidine groups is 1. The summed E-state index contributed by atoms with van der Waals surface area (Å²) in [4.78, 5) is 8.40. The average molecular weight is 326 g/mol. The average Bonchev–Trinajstić information content (AvgIpc) is 2.62. The van der Waals surface area contributed by atoms with Gasteiger partial charge in [-0.05, 0) is 17.2 Å². The zero-order valence-electron chi connectivity index (χ0n) is 14.8. The number of rotatable bonds is 6. The third-order valence-electron chi connectivity index (χ3n) is 3.94. The Balaban J connectivity index is 1.90. The Hall–Kier alpha value is -2.56. The summed E-state index contributed by atoms with van der Waals surface area (Å²) in [7, 11) is 3.39. The Kier molecular flexibility index (Phi) is 6.18. The minimum atomic E-state index is 0.0127. The van der Waals surface area contributed by atoms with Crippen LogP contribution in [-0.4, -0.2) is 31.6 Å². The van der Waals surface area contributed by atoms with E-state index in [0.29, 0.717) is 12.4 Å². The molecule has 0 radical (unpaired) electrons. The molecule has 0 saturated carbocycles. The monoisotopic (exact) mass is 326 g/mol. The van der Waals surface area contributed by atoms with Crippen molar-refractivity contribution in [2.45, 2.75) is 25.8 Å². The lowest BCUT2D eigenvalue weighted by molar-refractivity contribution is 0.397. The fraction of sp³-hybridized carbons (Fsp3) is 0.368. The topological polar surface area (TPSA) is 58.5 Å². The first-order valence-electron chi connectivity index (χ1n) is 8.04. The lowest BCUT2D eigenvalue weighted by Gasteiger charge is -2.26. The maximum atomic E-state index is 5.14. The zero-order chi connectivity index (χ0) is 17.4. The molecule has 1 heterocycles. The van der Waals surface area contributed by atoms with Crippen LogP contribution in [0.2, 0.25) is 0 Å². The largest absolute Gasteiger partial charge is 0.481 e. The van der Waals surface area contributed by atoms with Crippen molar-refractivity contribution in [2.75, 3.05) is 20.7 Å². The molecule has 0 bridgehead atoms. The van der Waals surface area contributed by atoms with Gasteiger partial charge in [-0.3, -0.25) is 4.99 Å². The van der Waals surface area contributed by atoms with E-state index in [1.807, 2.05) is 18.2 Å². The van der Waals surface area contributed by atoms with Crippen LogP contribution < -0.4 is 15.4 Å². The van der Waals surface area contributed by atoms with Crippen molar-refractivity contribution in [3.63, 3.8) is 0 Å². The van der Waals surface area contributed by atoms with E-state index < -0.39 is 0 Å². The van der Waals surface area contributed by atoms with E-state index >= 15 is 0 Å². The molecular formula is C19H26N4O. The number of nitrogens with one attached hydrogen (secondary N) is 2. The molecule has 0 aliphatic rings. The molecule has 0 aliphatic carbocycles. The highest BCUT2D eigenvalue weighted by molar-refractivity contribution is 5.79. The summed E-state index contributed by atoms with van der Waals surface area (Å²) in [5.41, 5.74) is 2.40. The van der Waals surface area contributed by atoms with Crippen molar-refractivity contribution in [1.82, 2.24) is 15.6 Å². The first-order chi connectivity index (χ1) is 11.5.